The Morgan fingerprint density at radius 1 is 1.27 bits per heavy atom. The van der Waals surface area contributed by atoms with Crippen LogP contribution < -0.4 is 16.6 Å². The lowest BCUT2D eigenvalue weighted by atomic mass is 9.86. The molecule has 1 aliphatic carbocycles. The van der Waals surface area contributed by atoms with E-state index in [1.807, 2.05) is 0 Å². The van der Waals surface area contributed by atoms with Crippen LogP contribution in [-0.2, 0) is 11.2 Å². The fourth-order valence-corrected chi connectivity index (χ4v) is 3.76. The van der Waals surface area contributed by atoms with Gasteiger partial charge in [0.25, 0.3) is 5.91 Å². The second-order valence-corrected chi connectivity index (χ2v) is 6.64. The SMILES string of the molecule is CCc1sc(C(=O)NNC(=O)CCN)nc1C1CCCCC1. The van der Waals surface area contributed by atoms with Crippen LogP contribution >= 0.6 is 11.3 Å². The molecule has 0 atom stereocenters. The molecular formula is C15H24N4O2S. The summed E-state index contributed by atoms with van der Waals surface area (Å²) in [6, 6.07) is 0. The van der Waals surface area contributed by atoms with Gasteiger partial charge in [-0.15, -0.1) is 11.3 Å². The van der Waals surface area contributed by atoms with Crippen molar-refractivity contribution in [2.24, 2.45) is 5.73 Å². The summed E-state index contributed by atoms with van der Waals surface area (Å²) in [6.07, 6.45) is 7.16. The molecule has 0 unspecified atom stereocenters. The van der Waals surface area contributed by atoms with Crippen molar-refractivity contribution in [1.82, 2.24) is 15.8 Å². The molecule has 2 rings (SSSR count). The molecular weight excluding hydrogens is 300 g/mol. The highest BCUT2D eigenvalue weighted by Crippen LogP contribution is 2.36. The van der Waals surface area contributed by atoms with Crippen LogP contribution in [0.5, 0.6) is 0 Å². The van der Waals surface area contributed by atoms with Gasteiger partial charge in [-0.2, -0.15) is 0 Å². The first-order valence-corrected chi connectivity index (χ1v) is 8.76. The zero-order chi connectivity index (χ0) is 15.9. The van der Waals surface area contributed by atoms with E-state index in [1.165, 1.54) is 35.5 Å². The molecule has 1 aliphatic rings. The quantitative estimate of drug-likeness (QED) is 0.720. The van der Waals surface area contributed by atoms with Gasteiger partial charge in [-0.05, 0) is 19.3 Å². The van der Waals surface area contributed by atoms with Crippen LogP contribution in [0.4, 0.5) is 0 Å². The summed E-state index contributed by atoms with van der Waals surface area (Å²) in [7, 11) is 0. The lowest BCUT2D eigenvalue weighted by Gasteiger charge is -2.20. The highest BCUT2D eigenvalue weighted by atomic mass is 32.1. The maximum absolute atomic E-state index is 12.1. The number of hydrazine groups is 1. The number of aryl methyl sites for hydroxylation is 1. The molecule has 0 bridgehead atoms. The predicted molar refractivity (Wildman–Crippen MR) is 86.6 cm³/mol. The van der Waals surface area contributed by atoms with Gasteiger partial charge in [-0.25, -0.2) is 4.98 Å². The van der Waals surface area contributed by atoms with Gasteiger partial charge in [0.15, 0.2) is 5.01 Å². The largest absolute Gasteiger partial charge is 0.330 e. The first-order chi connectivity index (χ1) is 10.7. The minimum absolute atomic E-state index is 0.186. The molecule has 0 aromatic carbocycles. The van der Waals surface area contributed by atoms with E-state index in [0.717, 1.165) is 25.0 Å². The Balaban J connectivity index is 2.03. The van der Waals surface area contributed by atoms with E-state index in [2.05, 4.69) is 22.8 Å². The summed E-state index contributed by atoms with van der Waals surface area (Å²) >= 11 is 1.43. The van der Waals surface area contributed by atoms with Gasteiger partial charge in [0.05, 0.1) is 5.69 Å². The molecule has 22 heavy (non-hydrogen) atoms. The van der Waals surface area contributed by atoms with E-state index in [0.29, 0.717) is 10.9 Å². The molecule has 6 nitrogen and oxygen atoms in total. The van der Waals surface area contributed by atoms with Gasteiger partial charge in [0.2, 0.25) is 5.91 Å². The van der Waals surface area contributed by atoms with Crippen LogP contribution in [0.2, 0.25) is 0 Å². The van der Waals surface area contributed by atoms with Crippen LogP contribution in [0.3, 0.4) is 0 Å². The first-order valence-electron chi connectivity index (χ1n) is 7.94. The molecule has 0 radical (unpaired) electrons. The van der Waals surface area contributed by atoms with E-state index in [4.69, 9.17) is 5.73 Å². The molecule has 0 spiro atoms. The van der Waals surface area contributed by atoms with Crippen molar-refractivity contribution in [1.29, 1.82) is 0 Å². The molecule has 1 heterocycles. The molecule has 4 N–H and O–H groups in total. The number of hydrogen-bond donors (Lipinski definition) is 3. The summed E-state index contributed by atoms with van der Waals surface area (Å²) in [4.78, 5) is 29.2. The molecule has 122 valence electrons. The number of carbonyl (C=O) groups excluding carboxylic acids is 2. The zero-order valence-corrected chi connectivity index (χ0v) is 13.8. The normalized spacial score (nSPS) is 15.5. The second-order valence-electron chi connectivity index (χ2n) is 5.56. The number of carbonyl (C=O) groups is 2. The summed E-state index contributed by atoms with van der Waals surface area (Å²) in [5, 5.41) is 0.422. The first kappa shape index (κ1) is 16.9. The third-order valence-corrected chi connectivity index (χ3v) is 5.14. The zero-order valence-electron chi connectivity index (χ0n) is 13.0. The Hall–Kier alpha value is -1.47. The second kappa shape index (κ2) is 8.24. The van der Waals surface area contributed by atoms with Crippen LogP contribution in [0, 0.1) is 0 Å². The van der Waals surface area contributed by atoms with E-state index in [9.17, 15) is 9.59 Å². The predicted octanol–water partition coefficient (Wildman–Crippen LogP) is 1.86. The van der Waals surface area contributed by atoms with Crippen molar-refractivity contribution in [3.8, 4) is 0 Å². The Morgan fingerprint density at radius 2 is 2.00 bits per heavy atom. The van der Waals surface area contributed by atoms with Gasteiger partial charge < -0.3 is 5.73 Å². The molecule has 0 aliphatic heterocycles. The maximum Gasteiger partial charge on any atom is 0.298 e. The summed E-state index contributed by atoms with van der Waals surface area (Å²) in [5.74, 6) is -0.170. The van der Waals surface area contributed by atoms with E-state index >= 15 is 0 Å². The molecule has 1 saturated carbocycles. The lowest BCUT2D eigenvalue weighted by Crippen LogP contribution is -2.42. The minimum atomic E-state index is -0.355. The molecule has 1 aromatic heterocycles. The van der Waals surface area contributed by atoms with E-state index in [-0.39, 0.29) is 24.8 Å². The van der Waals surface area contributed by atoms with Crippen molar-refractivity contribution in [3.05, 3.63) is 15.6 Å². The van der Waals surface area contributed by atoms with Gasteiger partial charge in [0.1, 0.15) is 0 Å². The third-order valence-electron chi connectivity index (χ3n) is 3.92. The highest BCUT2D eigenvalue weighted by Gasteiger charge is 2.24. The van der Waals surface area contributed by atoms with Crippen LogP contribution in [0.25, 0.3) is 0 Å². The summed E-state index contributed by atoms with van der Waals surface area (Å²) < 4.78 is 0. The number of aromatic nitrogens is 1. The topological polar surface area (TPSA) is 97.1 Å². The van der Waals surface area contributed by atoms with Crippen LogP contribution in [0.15, 0.2) is 0 Å². The molecule has 0 saturated heterocycles. The number of rotatable bonds is 5. The summed E-state index contributed by atoms with van der Waals surface area (Å²) in [6.45, 7) is 2.34. The maximum atomic E-state index is 12.1. The minimum Gasteiger partial charge on any atom is -0.330 e. The Bertz CT molecular complexity index is 524. The summed E-state index contributed by atoms with van der Waals surface area (Å²) in [5.41, 5.74) is 11.1. The molecule has 7 heteroatoms. The number of nitrogens with two attached hydrogens (primary N) is 1. The number of nitrogens with zero attached hydrogens (tertiary/aromatic N) is 1. The number of hydrogen-bond acceptors (Lipinski definition) is 5. The molecule has 1 aromatic rings. The van der Waals surface area contributed by atoms with E-state index < -0.39 is 0 Å². The fraction of sp³-hybridized carbons (Fsp3) is 0.667. The Kier molecular flexibility index (Phi) is 6.33. The number of thiazole rings is 1. The number of nitrogens with one attached hydrogen (secondary N) is 2. The standard InChI is InChI=1S/C15H24N4O2S/c1-2-11-13(10-6-4-3-5-7-10)17-15(22-11)14(21)19-18-12(20)8-9-16/h10H,2-9,16H2,1H3,(H,18,20)(H,19,21). The Morgan fingerprint density at radius 3 is 2.64 bits per heavy atom. The Labute approximate surface area is 134 Å². The highest BCUT2D eigenvalue weighted by molar-refractivity contribution is 7.13. The van der Waals surface area contributed by atoms with Crippen molar-refractivity contribution >= 4 is 23.2 Å². The smallest absolute Gasteiger partial charge is 0.298 e. The van der Waals surface area contributed by atoms with Gasteiger partial charge in [-0.1, -0.05) is 26.2 Å². The molecule has 1 fully saturated rings. The average molecular weight is 324 g/mol. The van der Waals surface area contributed by atoms with Crippen LogP contribution in [-0.4, -0.2) is 23.3 Å². The third kappa shape index (κ3) is 4.27. The van der Waals surface area contributed by atoms with Gasteiger partial charge >= 0.3 is 0 Å². The van der Waals surface area contributed by atoms with Gasteiger partial charge in [0, 0.05) is 23.8 Å². The van der Waals surface area contributed by atoms with Crippen molar-refractivity contribution in [3.63, 3.8) is 0 Å². The monoisotopic (exact) mass is 324 g/mol. The average Bonchev–Trinajstić information content (AvgIpc) is 2.98. The van der Waals surface area contributed by atoms with Crippen molar-refractivity contribution < 1.29 is 9.59 Å². The molecule has 2 amide bonds. The van der Waals surface area contributed by atoms with Gasteiger partial charge in [-0.3, -0.25) is 20.4 Å². The number of amides is 2. The van der Waals surface area contributed by atoms with Crippen molar-refractivity contribution in [2.75, 3.05) is 6.54 Å². The lowest BCUT2D eigenvalue weighted by molar-refractivity contribution is -0.121. The fourth-order valence-electron chi connectivity index (χ4n) is 2.78. The van der Waals surface area contributed by atoms with E-state index in [1.54, 1.807) is 0 Å². The van der Waals surface area contributed by atoms with Crippen LogP contribution in [0.1, 0.15) is 71.7 Å². The van der Waals surface area contributed by atoms with Crippen molar-refractivity contribution in [2.45, 2.75) is 57.8 Å².